The summed E-state index contributed by atoms with van der Waals surface area (Å²) in [5, 5.41) is 2.71. The van der Waals surface area contributed by atoms with E-state index in [4.69, 9.17) is 4.74 Å². The molecule has 0 aromatic heterocycles. The lowest BCUT2D eigenvalue weighted by Crippen LogP contribution is -2.46. The van der Waals surface area contributed by atoms with Crippen molar-refractivity contribution in [2.45, 2.75) is 6.92 Å². The van der Waals surface area contributed by atoms with Crippen molar-refractivity contribution >= 4 is 23.2 Å². The fourth-order valence-corrected chi connectivity index (χ4v) is 2.21. The molecule has 1 aromatic rings. The molecule has 0 aliphatic carbocycles. The molecule has 1 aliphatic rings. The summed E-state index contributed by atoms with van der Waals surface area (Å²) in [6, 6.07) is 7.22. The van der Waals surface area contributed by atoms with Crippen LogP contribution in [0.5, 0.6) is 0 Å². The van der Waals surface area contributed by atoms with Crippen molar-refractivity contribution in [2.75, 3.05) is 38.2 Å². The van der Waals surface area contributed by atoms with Gasteiger partial charge in [0.1, 0.15) is 0 Å². The SMILES string of the molecule is C=C(NNC(=O)CN1CCOCC1)c1cccc(NC(C)=O)c1. The maximum absolute atomic E-state index is 11.9. The zero-order valence-electron chi connectivity index (χ0n) is 13.2. The standard InChI is InChI=1S/C16H22N4O3/c1-12(14-4-3-5-15(10-14)17-13(2)21)18-19-16(22)11-20-6-8-23-9-7-20/h3-5,10,18H,1,6-9,11H2,2H3,(H,17,21)(H,19,22). The van der Waals surface area contributed by atoms with Crippen molar-refractivity contribution in [3.05, 3.63) is 36.4 Å². The van der Waals surface area contributed by atoms with Crippen LogP contribution in [0.1, 0.15) is 12.5 Å². The normalized spacial score (nSPS) is 14.8. The summed E-state index contributed by atoms with van der Waals surface area (Å²) in [5.41, 5.74) is 7.44. The summed E-state index contributed by atoms with van der Waals surface area (Å²) in [4.78, 5) is 25.0. The summed E-state index contributed by atoms with van der Waals surface area (Å²) in [6.07, 6.45) is 0. The predicted octanol–water partition coefficient (Wildman–Crippen LogP) is 0.569. The van der Waals surface area contributed by atoms with Gasteiger partial charge in [-0.1, -0.05) is 18.7 Å². The average Bonchev–Trinajstić information content (AvgIpc) is 2.53. The Morgan fingerprint density at radius 1 is 1.26 bits per heavy atom. The zero-order chi connectivity index (χ0) is 16.7. The van der Waals surface area contributed by atoms with Crippen LogP contribution in [0.25, 0.3) is 5.70 Å². The van der Waals surface area contributed by atoms with Crippen LogP contribution in [-0.4, -0.2) is 49.6 Å². The van der Waals surface area contributed by atoms with Crippen LogP contribution < -0.4 is 16.2 Å². The minimum absolute atomic E-state index is 0.133. The third kappa shape index (κ3) is 5.72. The molecular formula is C16H22N4O3. The molecule has 23 heavy (non-hydrogen) atoms. The van der Waals surface area contributed by atoms with Gasteiger partial charge in [0.2, 0.25) is 5.91 Å². The predicted molar refractivity (Wildman–Crippen MR) is 88.3 cm³/mol. The summed E-state index contributed by atoms with van der Waals surface area (Å²) in [6.45, 7) is 8.48. The number of hydrogen-bond donors (Lipinski definition) is 3. The van der Waals surface area contributed by atoms with E-state index in [1.165, 1.54) is 6.92 Å². The molecule has 1 aromatic carbocycles. The second-order valence-corrected chi connectivity index (χ2v) is 5.30. The number of amides is 2. The molecule has 1 aliphatic heterocycles. The third-order valence-electron chi connectivity index (χ3n) is 3.36. The van der Waals surface area contributed by atoms with Crippen molar-refractivity contribution in [2.24, 2.45) is 0 Å². The molecule has 7 nitrogen and oxygen atoms in total. The molecule has 124 valence electrons. The van der Waals surface area contributed by atoms with E-state index in [1.54, 1.807) is 12.1 Å². The van der Waals surface area contributed by atoms with Crippen LogP contribution >= 0.6 is 0 Å². The summed E-state index contributed by atoms with van der Waals surface area (Å²) in [7, 11) is 0. The van der Waals surface area contributed by atoms with Gasteiger partial charge in [-0.25, -0.2) is 0 Å². The van der Waals surface area contributed by atoms with Crippen LogP contribution in [0.3, 0.4) is 0 Å². The van der Waals surface area contributed by atoms with Gasteiger partial charge < -0.3 is 10.1 Å². The van der Waals surface area contributed by atoms with Gasteiger partial charge in [0.25, 0.3) is 5.91 Å². The van der Waals surface area contributed by atoms with Crippen molar-refractivity contribution in [1.29, 1.82) is 0 Å². The molecular weight excluding hydrogens is 296 g/mol. The second-order valence-electron chi connectivity index (χ2n) is 5.30. The average molecular weight is 318 g/mol. The van der Waals surface area contributed by atoms with Gasteiger partial charge >= 0.3 is 0 Å². The molecule has 3 N–H and O–H groups in total. The number of benzene rings is 1. The lowest BCUT2D eigenvalue weighted by Gasteiger charge is -2.26. The monoisotopic (exact) mass is 318 g/mol. The molecule has 7 heteroatoms. The molecule has 0 bridgehead atoms. The van der Waals surface area contributed by atoms with Gasteiger partial charge in [-0.15, -0.1) is 0 Å². The van der Waals surface area contributed by atoms with Gasteiger partial charge in [-0.3, -0.25) is 25.3 Å². The molecule has 1 saturated heterocycles. The Morgan fingerprint density at radius 3 is 2.70 bits per heavy atom. The highest BCUT2D eigenvalue weighted by Gasteiger charge is 2.14. The van der Waals surface area contributed by atoms with Crippen LogP contribution in [0.15, 0.2) is 30.8 Å². The minimum atomic E-state index is -0.139. The van der Waals surface area contributed by atoms with Gasteiger partial charge in [-0.05, 0) is 12.1 Å². The van der Waals surface area contributed by atoms with Crippen molar-refractivity contribution in [1.82, 2.24) is 15.8 Å². The number of ether oxygens (including phenoxy) is 1. The summed E-state index contributed by atoms with van der Waals surface area (Å²) >= 11 is 0. The maximum atomic E-state index is 11.9. The Labute approximate surface area is 135 Å². The molecule has 1 fully saturated rings. The lowest BCUT2D eigenvalue weighted by molar-refractivity contribution is -0.123. The number of carbonyl (C=O) groups is 2. The van der Waals surface area contributed by atoms with Gasteiger partial charge in [0.05, 0.1) is 25.5 Å². The highest BCUT2D eigenvalue weighted by atomic mass is 16.5. The van der Waals surface area contributed by atoms with Crippen LogP contribution in [-0.2, 0) is 14.3 Å². The van der Waals surface area contributed by atoms with Crippen LogP contribution in [0, 0.1) is 0 Å². The Morgan fingerprint density at radius 2 is 2.00 bits per heavy atom. The first-order valence-corrected chi connectivity index (χ1v) is 7.46. The highest BCUT2D eigenvalue weighted by Crippen LogP contribution is 2.15. The molecule has 0 atom stereocenters. The number of morpholine rings is 1. The molecule has 0 radical (unpaired) electrons. The smallest absolute Gasteiger partial charge is 0.252 e. The molecule has 0 unspecified atom stereocenters. The molecule has 0 spiro atoms. The van der Waals surface area contributed by atoms with E-state index in [0.717, 1.165) is 18.7 Å². The van der Waals surface area contributed by atoms with Gasteiger partial charge in [0, 0.05) is 31.3 Å². The van der Waals surface area contributed by atoms with Crippen LogP contribution in [0.2, 0.25) is 0 Å². The largest absolute Gasteiger partial charge is 0.379 e. The summed E-state index contributed by atoms with van der Waals surface area (Å²) < 4.78 is 5.24. The lowest BCUT2D eigenvalue weighted by atomic mass is 10.1. The number of nitrogens with zero attached hydrogens (tertiary/aromatic N) is 1. The molecule has 0 saturated carbocycles. The van der Waals surface area contributed by atoms with Crippen LogP contribution in [0.4, 0.5) is 5.69 Å². The number of hydrazine groups is 1. The number of hydrogen-bond acceptors (Lipinski definition) is 5. The van der Waals surface area contributed by atoms with Gasteiger partial charge in [-0.2, -0.15) is 0 Å². The third-order valence-corrected chi connectivity index (χ3v) is 3.36. The topological polar surface area (TPSA) is 82.7 Å². The van der Waals surface area contributed by atoms with E-state index in [2.05, 4.69) is 22.7 Å². The number of carbonyl (C=O) groups excluding carboxylic acids is 2. The quantitative estimate of drug-likeness (QED) is 0.668. The highest BCUT2D eigenvalue weighted by molar-refractivity contribution is 5.89. The Hall–Kier alpha value is -2.38. The number of nitrogens with one attached hydrogen (secondary N) is 3. The molecule has 2 amide bonds. The maximum Gasteiger partial charge on any atom is 0.252 e. The fourth-order valence-electron chi connectivity index (χ4n) is 2.21. The number of anilines is 1. The van der Waals surface area contributed by atoms with E-state index in [-0.39, 0.29) is 11.8 Å². The van der Waals surface area contributed by atoms with Gasteiger partial charge in [0.15, 0.2) is 0 Å². The number of rotatable bonds is 6. The van der Waals surface area contributed by atoms with E-state index in [9.17, 15) is 9.59 Å². The Kier molecular flexibility index (Phi) is 6.13. The van der Waals surface area contributed by atoms with Crippen molar-refractivity contribution < 1.29 is 14.3 Å². The Bertz CT molecular complexity index is 582. The minimum Gasteiger partial charge on any atom is -0.379 e. The van der Waals surface area contributed by atoms with E-state index in [1.807, 2.05) is 17.0 Å². The molecule has 2 rings (SSSR count). The molecule has 1 heterocycles. The first-order chi connectivity index (χ1) is 11.0. The van der Waals surface area contributed by atoms with E-state index < -0.39 is 0 Å². The van der Waals surface area contributed by atoms with E-state index in [0.29, 0.717) is 31.1 Å². The zero-order valence-corrected chi connectivity index (χ0v) is 13.2. The summed E-state index contributed by atoms with van der Waals surface area (Å²) in [5.74, 6) is -0.273. The first kappa shape index (κ1) is 17.0. The van der Waals surface area contributed by atoms with Crippen molar-refractivity contribution in [3.8, 4) is 0 Å². The van der Waals surface area contributed by atoms with E-state index >= 15 is 0 Å². The second kappa shape index (κ2) is 8.30. The fraction of sp³-hybridized carbons (Fsp3) is 0.375. The van der Waals surface area contributed by atoms with Crippen molar-refractivity contribution in [3.63, 3.8) is 0 Å². The Balaban J connectivity index is 1.81. The first-order valence-electron chi connectivity index (χ1n) is 7.46.